The number of aromatic nitrogens is 3. The first kappa shape index (κ1) is 20.5. The van der Waals surface area contributed by atoms with E-state index in [9.17, 15) is 10.1 Å². The highest BCUT2D eigenvalue weighted by Gasteiger charge is 2.14. The zero-order valence-electron chi connectivity index (χ0n) is 17.3. The predicted molar refractivity (Wildman–Crippen MR) is 129 cm³/mol. The maximum absolute atomic E-state index is 13.0. The van der Waals surface area contributed by atoms with Crippen molar-refractivity contribution >= 4 is 34.4 Å². The maximum atomic E-state index is 13.0. The number of hydrogen-bond acceptors (Lipinski definition) is 5. The highest BCUT2D eigenvalue weighted by Crippen LogP contribution is 2.33. The summed E-state index contributed by atoms with van der Waals surface area (Å²) in [4.78, 5) is 23.5. The number of anilines is 1. The van der Waals surface area contributed by atoms with Gasteiger partial charge in [0.05, 0.1) is 34.0 Å². The third-order valence-electron chi connectivity index (χ3n) is 5.07. The van der Waals surface area contributed by atoms with Crippen LogP contribution in [-0.2, 0) is 0 Å². The highest BCUT2D eigenvalue weighted by atomic mass is 32.2. The van der Waals surface area contributed by atoms with E-state index in [4.69, 9.17) is 0 Å². The second kappa shape index (κ2) is 8.99. The van der Waals surface area contributed by atoms with Crippen molar-refractivity contribution in [1.29, 1.82) is 5.26 Å². The van der Waals surface area contributed by atoms with Crippen LogP contribution >= 0.6 is 11.8 Å². The van der Waals surface area contributed by atoms with E-state index in [0.717, 1.165) is 20.8 Å². The third kappa shape index (κ3) is 4.20. The Morgan fingerprint density at radius 1 is 0.879 bits per heavy atom. The summed E-state index contributed by atoms with van der Waals surface area (Å²) in [6.45, 7) is 0. The monoisotopic (exact) mass is 447 g/mol. The van der Waals surface area contributed by atoms with Crippen LogP contribution in [0.15, 0.2) is 107 Å². The average molecular weight is 448 g/mol. The van der Waals surface area contributed by atoms with Crippen molar-refractivity contribution < 1.29 is 4.79 Å². The first-order chi connectivity index (χ1) is 16.2. The second-order valence-electron chi connectivity index (χ2n) is 7.17. The molecule has 5 rings (SSSR count). The number of benzene rings is 3. The summed E-state index contributed by atoms with van der Waals surface area (Å²) in [6, 6.07) is 28.4. The van der Waals surface area contributed by atoms with Crippen LogP contribution in [0, 0.1) is 11.3 Å². The van der Waals surface area contributed by atoms with Crippen LogP contribution in [0.2, 0.25) is 0 Å². The Balaban J connectivity index is 1.37. The zero-order valence-corrected chi connectivity index (χ0v) is 18.2. The fraction of sp³-hybridized carbons (Fsp3) is 0. The zero-order chi connectivity index (χ0) is 22.6. The van der Waals surface area contributed by atoms with Crippen molar-refractivity contribution in [3.63, 3.8) is 0 Å². The number of nitrogens with zero attached hydrogens (tertiary/aromatic N) is 4. The number of nitrogens with one attached hydrogen (secondary N) is 1. The van der Waals surface area contributed by atoms with Crippen molar-refractivity contribution in [2.75, 3.05) is 5.32 Å². The van der Waals surface area contributed by atoms with Gasteiger partial charge >= 0.3 is 0 Å². The van der Waals surface area contributed by atoms with Gasteiger partial charge in [0, 0.05) is 9.79 Å². The maximum Gasteiger partial charge on any atom is 0.256 e. The molecule has 0 saturated heterocycles. The summed E-state index contributed by atoms with van der Waals surface area (Å²) in [7, 11) is 0. The minimum Gasteiger partial charge on any atom is -0.321 e. The smallest absolute Gasteiger partial charge is 0.256 e. The van der Waals surface area contributed by atoms with Crippen LogP contribution in [0.25, 0.3) is 16.9 Å². The molecule has 2 heterocycles. The van der Waals surface area contributed by atoms with E-state index in [1.165, 1.54) is 11.8 Å². The Kier molecular flexibility index (Phi) is 5.58. The summed E-state index contributed by atoms with van der Waals surface area (Å²) in [5, 5.41) is 12.3. The lowest BCUT2D eigenvalue weighted by Gasteiger charge is -2.11. The van der Waals surface area contributed by atoms with Gasteiger partial charge in [0.1, 0.15) is 18.2 Å². The molecule has 0 spiro atoms. The van der Waals surface area contributed by atoms with Crippen LogP contribution in [0.1, 0.15) is 15.9 Å². The van der Waals surface area contributed by atoms with Crippen molar-refractivity contribution in [2.24, 2.45) is 0 Å². The minimum atomic E-state index is -0.241. The molecule has 0 aliphatic heterocycles. The minimum absolute atomic E-state index is 0.241. The summed E-state index contributed by atoms with van der Waals surface area (Å²) < 4.78 is 1.90. The molecule has 158 valence electrons. The number of imidazole rings is 1. The Bertz CT molecular complexity index is 1500. The van der Waals surface area contributed by atoms with Gasteiger partial charge in [0.2, 0.25) is 0 Å². The largest absolute Gasteiger partial charge is 0.321 e. The standard InChI is InChI=1S/C26H17N5OS/c27-15-18-7-1-5-11-23(18)33-24-12-6-2-8-20(24)26(32)30-19-13-14-25(28-16-19)31-17-29-21-9-3-4-10-22(21)31/h1-14,16-17H,(H,30,32). The molecule has 1 N–H and O–H groups in total. The molecule has 3 aromatic carbocycles. The lowest BCUT2D eigenvalue weighted by Crippen LogP contribution is -2.13. The first-order valence-corrected chi connectivity index (χ1v) is 11.0. The molecule has 6 nitrogen and oxygen atoms in total. The molecule has 0 radical (unpaired) electrons. The Labute approximate surface area is 194 Å². The van der Waals surface area contributed by atoms with Crippen LogP contribution in [0.5, 0.6) is 0 Å². The summed E-state index contributed by atoms with van der Waals surface area (Å²) in [6.07, 6.45) is 3.36. The van der Waals surface area contributed by atoms with Crippen LogP contribution in [0.3, 0.4) is 0 Å². The molecular formula is C26H17N5OS. The number of fused-ring (bicyclic) bond motifs is 1. The summed E-state index contributed by atoms with van der Waals surface area (Å²) in [5.41, 5.74) is 3.55. The van der Waals surface area contributed by atoms with Crippen molar-refractivity contribution in [3.05, 3.63) is 109 Å². The van der Waals surface area contributed by atoms with Gasteiger partial charge in [0.15, 0.2) is 0 Å². The van der Waals surface area contributed by atoms with Crippen molar-refractivity contribution in [1.82, 2.24) is 14.5 Å². The van der Waals surface area contributed by atoms with E-state index in [2.05, 4.69) is 21.4 Å². The van der Waals surface area contributed by atoms with Gasteiger partial charge in [0.25, 0.3) is 5.91 Å². The highest BCUT2D eigenvalue weighted by molar-refractivity contribution is 7.99. The molecule has 5 aromatic rings. The molecule has 0 unspecified atom stereocenters. The quantitative estimate of drug-likeness (QED) is 0.374. The molecular weight excluding hydrogens is 430 g/mol. The van der Waals surface area contributed by atoms with Gasteiger partial charge in [-0.3, -0.25) is 9.36 Å². The van der Waals surface area contributed by atoms with Gasteiger partial charge in [-0.05, 0) is 48.5 Å². The Hall–Kier alpha value is -4.41. The van der Waals surface area contributed by atoms with Crippen LogP contribution < -0.4 is 5.32 Å². The SMILES string of the molecule is N#Cc1ccccc1Sc1ccccc1C(=O)Nc1ccc(-n2cnc3ccccc32)nc1. The number of nitriles is 1. The number of pyridine rings is 1. The molecule has 0 aliphatic carbocycles. The van der Waals surface area contributed by atoms with E-state index >= 15 is 0 Å². The van der Waals surface area contributed by atoms with Crippen LogP contribution in [-0.4, -0.2) is 20.4 Å². The first-order valence-electron chi connectivity index (χ1n) is 10.2. The normalized spacial score (nSPS) is 10.6. The third-order valence-corrected chi connectivity index (χ3v) is 6.22. The Morgan fingerprint density at radius 2 is 1.64 bits per heavy atom. The summed E-state index contributed by atoms with van der Waals surface area (Å²) in [5.74, 6) is 0.473. The van der Waals surface area contributed by atoms with Crippen molar-refractivity contribution in [2.45, 2.75) is 9.79 Å². The van der Waals surface area contributed by atoms with E-state index in [1.54, 1.807) is 24.7 Å². The topological polar surface area (TPSA) is 83.6 Å². The molecule has 33 heavy (non-hydrogen) atoms. The molecule has 0 atom stereocenters. The van der Waals surface area contributed by atoms with Gasteiger partial charge < -0.3 is 5.32 Å². The van der Waals surface area contributed by atoms with Crippen LogP contribution in [0.4, 0.5) is 5.69 Å². The molecule has 0 aliphatic rings. The lowest BCUT2D eigenvalue weighted by molar-refractivity contribution is 0.102. The predicted octanol–water partition coefficient (Wildman–Crippen LogP) is 5.70. The second-order valence-corrected chi connectivity index (χ2v) is 8.25. The fourth-order valence-electron chi connectivity index (χ4n) is 3.45. The molecule has 0 fully saturated rings. The van der Waals surface area contributed by atoms with Gasteiger partial charge in [-0.2, -0.15) is 5.26 Å². The Morgan fingerprint density at radius 3 is 2.45 bits per heavy atom. The number of rotatable bonds is 5. The van der Waals surface area contributed by atoms with Crippen molar-refractivity contribution in [3.8, 4) is 11.9 Å². The number of hydrogen-bond donors (Lipinski definition) is 1. The fourth-order valence-corrected chi connectivity index (χ4v) is 4.48. The average Bonchev–Trinajstić information content (AvgIpc) is 3.29. The number of carbonyl (C=O) groups is 1. The molecule has 0 saturated carbocycles. The molecule has 1 amide bonds. The molecule has 2 aromatic heterocycles. The number of para-hydroxylation sites is 2. The van der Waals surface area contributed by atoms with Gasteiger partial charge in [-0.25, -0.2) is 9.97 Å². The molecule has 7 heteroatoms. The van der Waals surface area contributed by atoms with E-state index in [0.29, 0.717) is 22.6 Å². The number of amides is 1. The van der Waals surface area contributed by atoms with E-state index < -0.39 is 0 Å². The van der Waals surface area contributed by atoms with E-state index in [1.807, 2.05) is 77.4 Å². The van der Waals surface area contributed by atoms with E-state index in [-0.39, 0.29) is 5.91 Å². The number of carbonyl (C=O) groups excluding carboxylic acids is 1. The van der Waals surface area contributed by atoms with Gasteiger partial charge in [-0.15, -0.1) is 0 Å². The molecule has 0 bridgehead atoms. The summed E-state index contributed by atoms with van der Waals surface area (Å²) >= 11 is 1.40. The lowest BCUT2D eigenvalue weighted by atomic mass is 10.2. The van der Waals surface area contributed by atoms with Gasteiger partial charge in [-0.1, -0.05) is 48.2 Å².